The van der Waals surface area contributed by atoms with E-state index in [0.717, 1.165) is 31.5 Å². The van der Waals surface area contributed by atoms with E-state index in [1.54, 1.807) is 0 Å². The van der Waals surface area contributed by atoms with E-state index < -0.39 is 5.60 Å². The van der Waals surface area contributed by atoms with Crippen molar-refractivity contribution >= 4 is 0 Å². The van der Waals surface area contributed by atoms with E-state index in [1.165, 1.54) is 25.7 Å². The van der Waals surface area contributed by atoms with Crippen LogP contribution in [-0.4, -0.2) is 48.3 Å². The minimum Gasteiger partial charge on any atom is -0.389 e. The summed E-state index contributed by atoms with van der Waals surface area (Å²) in [6.45, 7) is 11.2. The Kier molecular flexibility index (Phi) is 6.78. The molecule has 1 rings (SSSR count). The van der Waals surface area contributed by atoms with Gasteiger partial charge in [0.1, 0.15) is 0 Å². The Hall–Kier alpha value is -0.120. The maximum Gasteiger partial charge on any atom is 0.0718 e. The molecule has 0 heterocycles. The lowest BCUT2D eigenvalue weighted by Crippen LogP contribution is -2.47. The lowest BCUT2D eigenvalue weighted by molar-refractivity contribution is 0.0335. The van der Waals surface area contributed by atoms with Gasteiger partial charge in [-0.15, -0.1) is 0 Å². The predicted octanol–water partition coefficient (Wildman–Crippen LogP) is 2.49. The lowest BCUT2D eigenvalue weighted by Gasteiger charge is -2.39. The molecule has 1 fully saturated rings. The summed E-state index contributed by atoms with van der Waals surface area (Å²) in [5.41, 5.74) is -0.596. The van der Waals surface area contributed by atoms with Crippen molar-refractivity contribution in [3.63, 3.8) is 0 Å². The molecule has 0 bridgehead atoms. The quantitative estimate of drug-likeness (QED) is 0.746. The van der Waals surface area contributed by atoms with Crippen molar-refractivity contribution in [1.29, 1.82) is 0 Å². The van der Waals surface area contributed by atoms with Crippen LogP contribution in [0.4, 0.5) is 0 Å². The molecular weight excluding hydrogens is 236 g/mol. The first-order valence-corrected chi connectivity index (χ1v) is 8.00. The number of likely N-dealkylation sites (N-methyl/N-ethyl adjacent to an activating group) is 1. The van der Waals surface area contributed by atoms with E-state index >= 15 is 0 Å². The van der Waals surface area contributed by atoms with Gasteiger partial charge in [-0.25, -0.2) is 0 Å². The molecule has 1 aliphatic carbocycles. The maximum atomic E-state index is 9.93. The lowest BCUT2D eigenvalue weighted by atomic mass is 9.76. The van der Waals surface area contributed by atoms with Crippen LogP contribution in [-0.2, 0) is 0 Å². The fourth-order valence-electron chi connectivity index (χ4n) is 3.59. The van der Waals surface area contributed by atoms with Gasteiger partial charge < -0.3 is 15.3 Å². The largest absolute Gasteiger partial charge is 0.389 e. The Bertz CT molecular complexity index is 250. The average Bonchev–Trinajstić information content (AvgIpc) is 2.29. The van der Waals surface area contributed by atoms with Crippen molar-refractivity contribution in [3.05, 3.63) is 0 Å². The smallest absolute Gasteiger partial charge is 0.0718 e. The first kappa shape index (κ1) is 16.9. The van der Waals surface area contributed by atoms with Crippen molar-refractivity contribution < 1.29 is 5.11 Å². The van der Waals surface area contributed by atoms with Crippen LogP contribution < -0.4 is 5.32 Å². The number of nitrogens with one attached hydrogen (secondary N) is 1. The zero-order valence-corrected chi connectivity index (χ0v) is 13.6. The Morgan fingerprint density at radius 3 is 2.47 bits per heavy atom. The zero-order valence-electron chi connectivity index (χ0n) is 13.6. The van der Waals surface area contributed by atoms with E-state index in [0.29, 0.717) is 6.04 Å². The molecule has 19 heavy (non-hydrogen) atoms. The highest BCUT2D eigenvalue weighted by molar-refractivity contribution is 4.86. The third-order valence-electron chi connectivity index (χ3n) is 4.34. The van der Waals surface area contributed by atoms with Gasteiger partial charge in [-0.2, -0.15) is 0 Å². The molecule has 3 heteroatoms. The zero-order chi connectivity index (χ0) is 14.5. The molecule has 0 aliphatic heterocycles. The summed E-state index contributed by atoms with van der Waals surface area (Å²) in [7, 11) is 2.14. The van der Waals surface area contributed by atoms with E-state index in [-0.39, 0.29) is 0 Å². The van der Waals surface area contributed by atoms with Gasteiger partial charge in [0.05, 0.1) is 5.60 Å². The van der Waals surface area contributed by atoms with Crippen LogP contribution in [0.1, 0.15) is 53.4 Å². The van der Waals surface area contributed by atoms with Gasteiger partial charge in [-0.3, -0.25) is 0 Å². The summed E-state index contributed by atoms with van der Waals surface area (Å²) < 4.78 is 0. The van der Waals surface area contributed by atoms with Crippen molar-refractivity contribution in [2.75, 3.05) is 26.7 Å². The van der Waals surface area contributed by atoms with Gasteiger partial charge in [0, 0.05) is 19.1 Å². The SMILES string of the molecule is CCNC1CCC(CC)CC1CN(C)CC(C)(C)O. The highest BCUT2D eigenvalue weighted by atomic mass is 16.3. The average molecular weight is 270 g/mol. The first-order chi connectivity index (χ1) is 8.85. The minimum absolute atomic E-state index is 0.596. The highest BCUT2D eigenvalue weighted by Gasteiger charge is 2.30. The molecule has 114 valence electrons. The fourth-order valence-corrected chi connectivity index (χ4v) is 3.59. The Morgan fingerprint density at radius 2 is 1.95 bits per heavy atom. The van der Waals surface area contributed by atoms with Crippen LogP contribution in [0.3, 0.4) is 0 Å². The summed E-state index contributed by atoms with van der Waals surface area (Å²) in [5.74, 6) is 1.63. The van der Waals surface area contributed by atoms with Crippen LogP contribution in [0.5, 0.6) is 0 Å². The van der Waals surface area contributed by atoms with Crippen molar-refractivity contribution in [2.45, 2.75) is 65.0 Å². The first-order valence-electron chi connectivity index (χ1n) is 8.00. The van der Waals surface area contributed by atoms with E-state index in [4.69, 9.17) is 0 Å². The Morgan fingerprint density at radius 1 is 1.26 bits per heavy atom. The van der Waals surface area contributed by atoms with Gasteiger partial charge in [-0.1, -0.05) is 20.3 Å². The summed E-state index contributed by atoms with van der Waals surface area (Å²) in [4.78, 5) is 2.30. The molecule has 3 nitrogen and oxygen atoms in total. The number of hydrogen-bond donors (Lipinski definition) is 2. The number of nitrogens with zero attached hydrogens (tertiary/aromatic N) is 1. The minimum atomic E-state index is -0.596. The molecule has 0 radical (unpaired) electrons. The molecule has 0 aromatic rings. The van der Waals surface area contributed by atoms with Crippen molar-refractivity contribution in [2.24, 2.45) is 11.8 Å². The van der Waals surface area contributed by atoms with Gasteiger partial charge in [-0.05, 0) is 58.5 Å². The molecule has 0 saturated heterocycles. The topological polar surface area (TPSA) is 35.5 Å². The molecule has 1 aliphatic rings. The van der Waals surface area contributed by atoms with E-state index in [2.05, 4.69) is 31.1 Å². The monoisotopic (exact) mass is 270 g/mol. The summed E-state index contributed by atoms with van der Waals surface area (Å²) in [5, 5.41) is 13.6. The second kappa shape index (κ2) is 7.61. The fraction of sp³-hybridized carbons (Fsp3) is 1.00. The molecule has 3 atom stereocenters. The summed E-state index contributed by atoms with van der Waals surface area (Å²) in [6, 6.07) is 0.664. The number of hydrogen-bond acceptors (Lipinski definition) is 3. The molecule has 0 spiro atoms. The third-order valence-corrected chi connectivity index (χ3v) is 4.34. The Labute approximate surface area is 119 Å². The van der Waals surface area contributed by atoms with E-state index in [1.807, 2.05) is 13.8 Å². The number of rotatable bonds is 7. The number of aliphatic hydroxyl groups is 1. The molecule has 1 saturated carbocycles. The van der Waals surface area contributed by atoms with Gasteiger partial charge in [0.2, 0.25) is 0 Å². The maximum absolute atomic E-state index is 9.93. The summed E-state index contributed by atoms with van der Waals surface area (Å²) >= 11 is 0. The van der Waals surface area contributed by atoms with Crippen LogP contribution in [0.25, 0.3) is 0 Å². The summed E-state index contributed by atoms with van der Waals surface area (Å²) in [6.07, 6.45) is 5.34. The molecule has 0 amide bonds. The van der Waals surface area contributed by atoms with Crippen LogP contribution in [0, 0.1) is 11.8 Å². The second-order valence-electron chi connectivity index (χ2n) is 7.02. The van der Waals surface area contributed by atoms with Crippen LogP contribution >= 0.6 is 0 Å². The van der Waals surface area contributed by atoms with Crippen molar-refractivity contribution in [3.8, 4) is 0 Å². The standard InChI is InChI=1S/C16H34N2O/c1-6-13-8-9-15(17-7-2)14(10-13)11-18(5)12-16(3,4)19/h13-15,17,19H,6-12H2,1-5H3. The Balaban J connectivity index is 2.53. The highest BCUT2D eigenvalue weighted by Crippen LogP contribution is 2.32. The van der Waals surface area contributed by atoms with Gasteiger partial charge >= 0.3 is 0 Å². The molecule has 0 aromatic heterocycles. The van der Waals surface area contributed by atoms with Crippen LogP contribution in [0.2, 0.25) is 0 Å². The molecular formula is C16H34N2O. The predicted molar refractivity (Wildman–Crippen MR) is 82.4 cm³/mol. The normalized spacial score (nSPS) is 28.9. The van der Waals surface area contributed by atoms with Crippen LogP contribution in [0.15, 0.2) is 0 Å². The van der Waals surface area contributed by atoms with E-state index in [9.17, 15) is 5.11 Å². The molecule has 2 N–H and O–H groups in total. The molecule has 0 aromatic carbocycles. The second-order valence-corrected chi connectivity index (χ2v) is 7.02. The van der Waals surface area contributed by atoms with Gasteiger partial charge in [0.25, 0.3) is 0 Å². The van der Waals surface area contributed by atoms with Crippen molar-refractivity contribution in [1.82, 2.24) is 10.2 Å². The van der Waals surface area contributed by atoms with Gasteiger partial charge in [0.15, 0.2) is 0 Å². The third kappa shape index (κ3) is 6.24. The molecule has 3 unspecified atom stereocenters.